The van der Waals surface area contributed by atoms with Gasteiger partial charge in [0.2, 0.25) is 4.80 Å². The minimum atomic E-state index is 0.686. The molecule has 0 atom stereocenters. The molecule has 35 heavy (non-hydrogen) atoms. The fourth-order valence-corrected chi connectivity index (χ4v) is 4.67. The number of para-hydroxylation sites is 3. The van der Waals surface area contributed by atoms with Crippen LogP contribution in [0.3, 0.4) is 0 Å². The summed E-state index contributed by atoms with van der Waals surface area (Å²) in [5, 5.41) is 7.97. The Hall–Kier alpha value is -4.30. The van der Waals surface area contributed by atoms with Crippen LogP contribution in [-0.2, 0) is 0 Å². The van der Waals surface area contributed by atoms with E-state index >= 15 is 0 Å². The summed E-state index contributed by atoms with van der Waals surface area (Å²) < 4.78 is 18.4. The number of benzene rings is 3. The summed E-state index contributed by atoms with van der Waals surface area (Å²) in [4.78, 5) is 8.86. The Morgan fingerprint density at radius 2 is 1.69 bits per heavy atom. The van der Waals surface area contributed by atoms with Crippen LogP contribution in [0.4, 0.5) is 5.69 Å². The molecule has 0 aliphatic carbocycles. The molecule has 0 spiro atoms. The van der Waals surface area contributed by atoms with E-state index in [1.165, 1.54) is 11.3 Å². The standard InChI is InChI=1S/C27H24N4O3S/c1-32-19-12-13-25(33-2)21(14-19)24-17-35-27(30-23-10-6-7-11-26(23)34-3)31(24)29-16-18-15-28-22-9-5-4-8-20(18)22/h4-17,28H,1-3H3. The van der Waals surface area contributed by atoms with Crippen LogP contribution in [0, 0.1) is 0 Å². The lowest BCUT2D eigenvalue weighted by Gasteiger charge is -2.11. The van der Waals surface area contributed by atoms with E-state index in [2.05, 4.69) is 11.1 Å². The molecule has 0 aliphatic rings. The molecule has 2 heterocycles. The molecule has 176 valence electrons. The normalized spacial score (nSPS) is 11.9. The summed E-state index contributed by atoms with van der Waals surface area (Å²) in [5.74, 6) is 2.12. The largest absolute Gasteiger partial charge is 0.497 e. The fraction of sp³-hybridized carbons (Fsp3) is 0.111. The second kappa shape index (κ2) is 9.90. The lowest BCUT2D eigenvalue weighted by atomic mass is 10.1. The van der Waals surface area contributed by atoms with Gasteiger partial charge in [-0.3, -0.25) is 0 Å². The predicted molar refractivity (Wildman–Crippen MR) is 140 cm³/mol. The molecule has 5 aromatic rings. The molecular weight excluding hydrogens is 460 g/mol. The Morgan fingerprint density at radius 1 is 0.886 bits per heavy atom. The molecule has 5 rings (SSSR count). The number of H-pyrrole nitrogens is 1. The van der Waals surface area contributed by atoms with Crippen LogP contribution in [0.15, 0.2) is 88.4 Å². The van der Waals surface area contributed by atoms with Crippen LogP contribution in [0.1, 0.15) is 5.56 Å². The van der Waals surface area contributed by atoms with Crippen molar-refractivity contribution < 1.29 is 14.2 Å². The summed E-state index contributed by atoms with van der Waals surface area (Å²) in [6.07, 6.45) is 3.78. The number of methoxy groups -OCH3 is 3. The predicted octanol–water partition coefficient (Wildman–Crippen LogP) is 5.84. The van der Waals surface area contributed by atoms with Gasteiger partial charge in [0.25, 0.3) is 0 Å². The maximum atomic E-state index is 5.65. The first-order valence-electron chi connectivity index (χ1n) is 10.9. The monoisotopic (exact) mass is 484 g/mol. The number of thiazole rings is 1. The van der Waals surface area contributed by atoms with Crippen molar-refractivity contribution in [2.75, 3.05) is 21.3 Å². The minimum Gasteiger partial charge on any atom is -0.497 e. The van der Waals surface area contributed by atoms with Gasteiger partial charge < -0.3 is 19.2 Å². The lowest BCUT2D eigenvalue weighted by Crippen LogP contribution is -2.12. The molecular formula is C27H24N4O3S. The van der Waals surface area contributed by atoms with Gasteiger partial charge >= 0.3 is 0 Å². The zero-order valence-electron chi connectivity index (χ0n) is 19.6. The van der Waals surface area contributed by atoms with E-state index in [0.29, 0.717) is 16.3 Å². The molecule has 0 bridgehead atoms. The number of nitrogens with zero attached hydrogens (tertiary/aromatic N) is 3. The second-order valence-electron chi connectivity index (χ2n) is 7.60. The quantitative estimate of drug-likeness (QED) is 0.295. The van der Waals surface area contributed by atoms with Crippen molar-refractivity contribution in [3.05, 3.63) is 88.7 Å². The molecule has 3 aromatic carbocycles. The first kappa shape index (κ1) is 22.5. The van der Waals surface area contributed by atoms with Crippen LogP contribution in [0.25, 0.3) is 22.2 Å². The first-order valence-corrected chi connectivity index (χ1v) is 11.8. The fourth-order valence-electron chi connectivity index (χ4n) is 3.83. The van der Waals surface area contributed by atoms with E-state index in [9.17, 15) is 0 Å². The Balaban J connectivity index is 1.71. The van der Waals surface area contributed by atoms with Gasteiger partial charge in [-0.25, -0.2) is 9.67 Å². The van der Waals surface area contributed by atoms with Crippen LogP contribution < -0.4 is 19.0 Å². The summed E-state index contributed by atoms with van der Waals surface area (Å²) in [6, 6.07) is 21.5. The van der Waals surface area contributed by atoms with Crippen molar-refractivity contribution in [1.29, 1.82) is 0 Å². The number of rotatable bonds is 7. The van der Waals surface area contributed by atoms with E-state index in [-0.39, 0.29) is 0 Å². The van der Waals surface area contributed by atoms with E-state index in [1.807, 2.05) is 83.1 Å². The van der Waals surface area contributed by atoms with E-state index in [0.717, 1.165) is 39.2 Å². The van der Waals surface area contributed by atoms with Crippen LogP contribution in [-0.4, -0.2) is 37.2 Å². The van der Waals surface area contributed by atoms with Gasteiger partial charge in [-0.2, -0.15) is 5.10 Å². The number of hydrogen-bond acceptors (Lipinski definition) is 6. The molecule has 0 amide bonds. The third-order valence-corrected chi connectivity index (χ3v) is 6.42. The molecule has 8 heteroatoms. The highest BCUT2D eigenvalue weighted by atomic mass is 32.1. The van der Waals surface area contributed by atoms with Crippen molar-refractivity contribution in [2.24, 2.45) is 10.1 Å². The van der Waals surface area contributed by atoms with Gasteiger partial charge in [-0.15, -0.1) is 11.3 Å². The number of aromatic nitrogens is 2. The molecule has 0 fully saturated rings. The van der Waals surface area contributed by atoms with Crippen molar-refractivity contribution in [3.8, 4) is 28.5 Å². The zero-order valence-corrected chi connectivity index (χ0v) is 20.4. The molecule has 0 radical (unpaired) electrons. The smallest absolute Gasteiger partial charge is 0.211 e. The molecule has 7 nitrogen and oxygen atoms in total. The molecule has 0 aliphatic heterocycles. The second-order valence-corrected chi connectivity index (χ2v) is 8.44. The van der Waals surface area contributed by atoms with Crippen molar-refractivity contribution in [3.63, 3.8) is 0 Å². The third-order valence-electron chi connectivity index (χ3n) is 5.60. The summed E-state index contributed by atoms with van der Waals surface area (Å²) in [6.45, 7) is 0. The van der Waals surface area contributed by atoms with Gasteiger partial charge in [0.05, 0.1) is 33.2 Å². The summed E-state index contributed by atoms with van der Waals surface area (Å²) >= 11 is 1.48. The molecule has 0 unspecified atom stereocenters. The van der Waals surface area contributed by atoms with Crippen LogP contribution >= 0.6 is 11.3 Å². The Bertz CT molecular complexity index is 1580. The molecule has 0 saturated carbocycles. The van der Waals surface area contributed by atoms with Crippen molar-refractivity contribution in [2.45, 2.75) is 0 Å². The van der Waals surface area contributed by atoms with Gasteiger partial charge in [-0.05, 0) is 36.4 Å². The Labute approximate surface area is 206 Å². The number of aromatic amines is 1. The Kier molecular flexibility index (Phi) is 6.36. The maximum absolute atomic E-state index is 5.65. The first-order chi connectivity index (χ1) is 17.2. The summed E-state index contributed by atoms with van der Waals surface area (Å²) in [5.41, 5.74) is 4.43. The van der Waals surface area contributed by atoms with Crippen LogP contribution in [0.2, 0.25) is 0 Å². The number of ether oxygens (including phenoxy) is 3. The highest BCUT2D eigenvalue weighted by Gasteiger charge is 2.15. The van der Waals surface area contributed by atoms with Crippen molar-refractivity contribution in [1.82, 2.24) is 9.66 Å². The Morgan fingerprint density at radius 3 is 2.51 bits per heavy atom. The average molecular weight is 485 g/mol. The van der Waals surface area contributed by atoms with Gasteiger partial charge in [0.15, 0.2) is 0 Å². The highest BCUT2D eigenvalue weighted by molar-refractivity contribution is 7.07. The minimum absolute atomic E-state index is 0.686. The van der Waals surface area contributed by atoms with Gasteiger partial charge in [-0.1, -0.05) is 30.3 Å². The number of fused-ring (bicyclic) bond motifs is 1. The molecule has 1 N–H and O–H groups in total. The molecule has 0 saturated heterocycles. The van der Waals surface area contributed by atoms with Crippen molar-refractivity contribution >= 4 is 34.1 Å². The SMILES string of the molecule is COc1ccc(OC)c(-c2csc(=Nc3ccccc3OC)n2N=Cc2c[nH]c3ccccc23)c1. The van der Waals surface area contributed by atoms with Gasteiger partial charge in [0, 0.05) is 33.6 Å². The summed E-state index contributed by atoms with van der Waals surface area (Å²) in [7, 11) is 4.93. The number of nitrogens with one attached hydrogen (secondary N) is 1. The van der Waals surface area contributed by atoms with E-state index < -0.39 is 0 Å². The molecule has 2 aromatic heterocycles. The highest BCUT2D eigenvalue weighted by Crippen LogP contribution is 2.34. The maximum Gasteiger partial charge on any atom is 0.211 e. The van der Waals surface area contributed by atoms with E-state index in [4.69, 9.17) is 24.3 Å². The topological polar surface area (TPSA) is 73.1 Å². The average Bonchev–Trinajstić information content (AvgIpc) is 3.51. The van der Waals surface area contributed by atoms with Gasteiger partial charge in [0.1, 0.15) is 22.9 Å². The van der Waals surface area contributed by atoms with E-state index in [1.54, 1.807) is 21.3 Å². The lowest BCUT2D eigenvalue weighted by molar-refractivity contribution is 0.404. The zero-order chi connectivity index (χ0) is 24.2. The third kappa shape index (κ3) is 4.43. The number of hydrogen-bond donors (Lipinski definition) is 1. The van der Waals surface area contributed by atoms with Crippen LogP contribution in [0.5, 0.6) is 17.2 Å².